The molecule has 5 heteroatoms. The molecule has 0 aliphatic heterocycles. The number of amides is 1. The van der Waals surface area contributed by atoms with Crippen molar-refractivity contribution in [2.24, 2.45) is 11.0 Å². The van der Waals surface area contributed by atoms with E-state index >= 15 is 0 Å². The van der Waals surface area contributed by atoms with Crippen LogP contribution in [-0.4, -0.2) is 17.2 Å². The van der Waals surface area contributed by atoms with Crippen LogP contribution in [-0.2, 0) is 0 Å². The molecule has 0 saturated carbocycles. The highest BCUT2D eigenvalue weighted by molar-refractivity contribution is 6.31. The molecule has 4 nitrogen and oxygen atoms in total. The minimum atomic E-state index is -0.470. The second kappa shape index (κ2) is 6.38. The van der Waals surface area contributed by atoms with Gasteiger partial charge in [-0.05, 0) is 43.4 Å². The van der Waals surface area contributed by atoms with Gasteiger partial charge in [-0.15, -0.1) is 0 Å². The lowest BCUT2D eigenvalue weighted by Crippen LogP contribution is -2.19. The minimum absolute atomic E-state index is 0.113. The number of benzene rings is 1. The summed E-state index contributed by atoms with van der Waals surface area (Å²) in [6.45, 7) is 0. The third-order valence-electron chi connectivity index (χ3n) is 2.96. The number of carbonyl (C=O) groups is 1. The summed E-state index contributed by atoms with van der Waals surface area (Å²) in [5.41, 5.74) is 2.52. The first kappa shape index (κ1) is 13.6. The molecule has 0 aromatic heterocycles. The van der Waals surface area contributed by atoms with Crippen LogP contribution in [0.3, 0.4) is 0 Å². The van der Waals surface area contributed by atoms with E-state index in [1.807, 2.05) is 0 Å². The third kappa shape index (κ3) is 3.83. The summed E-state index contributed by atoms with van der Waals surface area (Å²) in [6, 6.07) is 4.31. The van der Waals surface area contributed by atoms with E-state index in [0.717, 1.165) is 19.3 Å². The highest BCUT2D eigenvalue weighted by atomic mass is 35.5. The van der Waals surface area contributed by atoms with Crippen molar-refractivity contribution < 1.29 is 9.90 Å². The first-order valence-electron chi connectivity index (χ1n) is 6.14. The van der Waals surface area contributed by atoms with Crippen LogP contribution >= 0.6 is 11.6 Å². The molecule has 0 heterocycles. The van der Waals surface area contributed by atoms with Gasteiger partial charge in [0, 0.05) is 11.2 Å². The van der Waals surface area contributed by atoms with Crippen molar-refractivity contribution in [2.75, 3.05) is 0 Å². The number of hydrazone groups is 1. The second-order valence-electron chi connectivity index (χ2n) is 4.43. The number of hydrogen-bond donors (Lipinski definition) is 2. The molecule has 1 aliphatic rings. The summed E-state index contributed by atoms with van der Waals surface area (Å²) >= 11 is 5.78. The van der Waals surface area contributed by atoms with Gasteiger partial charge in [-0.1, -0.05) is 23.8 Å². The van der Waals surface area contributed by atoms with Gasteiger partial charge in [0.2, 0.25) is 0 Å². The van der Waals surface area contributed by atoms with Gasteiger partial charge in [0.15, 0.2) is 0 Å². The lowest BCUT2D eigenvalue weighted by atomic mass is 9.96. The second-order valence-corrected chi connectivity index (χ2v) is 4.86. The molecule has 19 heavy (non-hydrogen) atoms. The molecule has 0 radical (unpaired) electrons. The Kier molecular flexibility index (Phi) is 4.58. The van der Waals surface area contributed by atoms with Gasteiger partial charge >= 0.3 is 0 Å². The van der Waals surface area contributed by atoms with Gasteiger partial charge in [-0.25, -0.2) is 5.43 Å². The fourth-order valence-electron chi connectivity index (χ4n) is 1.90. The van der Waals surface area contributed by atoms with E-state index in [2.05, 4.69) is 22.7 Å². The molecule has 0 saturated heterocycles. The summed E-state index contributed by atoms with van der Waals surface area (Å²) in [6.07, 6.45) is 9.03. The zero-order valence-electron chi connectivity index (χ0n) is 10.3. The molecule has 100 valence electrons. The number of halogens is 1. The maximum Gasteiger partial charge on any atom is 0.275 e. The van der Waals surface area contributed by atoms with Gasteiger partial charge in [0.1, 0.15) is 5.75 Å². The molecule has 2 rings (SSSR count). The number of rotatable bonds is 3. The van der Waals surface area contributed by atoms with Gasteiger partial charge in [0.05, 0.1) is 5.56 Å². The van der Waals surface area contributed by atoms with Crippen LogP contribution in [0.1, 0.15) is 29.6 Å². The molecule has 0 unspecified atom stereocenters. The monoisotopic (exact) mass is 278 g/mol. The fraction of sp³-hybridized carbons (Fsp3) is 0.286. The zero-order chi connectivity index (χ0) is 13.7. The topological polar surface area (TPSA) is 61.7 Å². The van der Waals surface area contributed by atoms with E-state index in [1.165, 1.54) is 18.2 Å². The minimum Gasteiger partial charge on any atom is -0.507 e. The molecule has 0 fully saturated rings. The Labute approximate surface area is 116 Å². The summed E-state index contributed by atoms with van der Waals surface area (Å²) in [4.78, 5) is 11.8. The Morgan fingerprint density at radius 2 is 2.32 bits per heavy atom. The van der Waals surface area contributed by atoms with Crippen molar-refractivity contribution in [1.82, 2.24) is 5.43 Å². The van der Waals surface area contributed by atoms with Crippen LogP contribution < -0.4 is 5.43 Å². The lowest BCUT2D eigenvalue weighted by Gasteiger charge is -2.11. The molecular weight excluding hydrogens is 264 g/mol. The Balaban J connectivity index is 1.95. The highest BCUT2D eigenvalue weighted by Gasteiger charge is 2.11. The van der Waals surface area contributed by atoms with Crippen molar-refractivity contribution in [3.63, 3.8) is 0 Å². The largest absolute Gasteiger partial charge is 0.507 e. The number of aromatic hydroxyl groups is 1. The number of hydrogen-bond acceptors (Lipinski definition) is 3. The average molecular weight is 279 g/mol. The van der Waals surface area contributed by atoms with Gasteiger partial charge < -0.3 is 5.11 Å². The SMILES string of the molecule is O=C(N/N=C\[C@@H]1CC=CCC1)c1cc(Cl)ccc1O. The summed E-state index contributed by atoms with van der Waals surface area (Å²) in [7, 11) is 0. The summed E-state index contributed by atoms with van der Waals surface area (Å²) in [5, 5.41) is 13.9. The maximum absolute atomic E-state index is 11.8. The van der Waals surface area contributed by atoms with E-state index < -0.39 is 5.91 Å². The van der Waals surface area contributed by atoms with E-state index in [-0.39, 0.29) is 11.3 Å². The first-order chi connectivity index (χ1) is 9.16. The van der Waals surface area contributed by atoms with E-state index in [4.69, 9.17) is 11.6 Å². The predicted molar refractivity (Wildman–Crippen MR) is 75.6 cm³/mol. The number of nitrogens with zero attached hydrogens (tertiary/aromatic N) is 1. The van der Waals surface area contributed by atoms with Crippen molar-refractivity contribution in [3.8, 4) is 5.75 Å². The van der Waals surface area contributed by atoms with Crippen LogP contribution in [0.15, 0.2) is 35.5 Å². The van der Waals surface area contributed by atoms with Crippen LogP contribution in [0.25, 0.3) is 0 Å². The molecule has 1 aromatic rings. The van der Waals surface area contributed by atoms with Crippen LogP contribution in [0.2, 0.25) is 5.02 Å². The normalized spacial score (nSPS) is 18.7. The Hall–Kier alpha value is -1.81. The number of phenols is 1. The Morgan fingerprint density at radius 1 is 1.47 bits per heavy atom. The summed E-state index contributed by atoms with van der Waals surface area (Å²) < 4.78 is 0. The number of carbonyl (C=O) groups excluding carboxylic acids is 1. The van der Waals surface area contributed by atoms with Crippen LogP contribution in [0.5, 0.6) is 5.75 Å². The molecule has 0 bridgehead atoms. The van der Waals surface area contributed by atoms with Gasteiger partial charge in [0.25, 0.3) is 5.91 Å². The first-order valence-corrected chi connectivity index (χ1v) is 6.51. The predicted octanol–water partition coefficient (Wildman–Crippen LogP) is 3.12. The molecule has 2 N–H and O–H groups in total. The Morgan fingerprint density at radius 3 is 3.05 bits per heavy atom. The molecule has 1 atom stereocenters. The molecule has 0 spiro atoms. The molecule has 1 aromatic carbocycles. The van der Waals surface area contributed by atoms with Gasteiger partial charge in [-0.3, -0.25) is 4.79 Å². The van der Waals surface area contributed by atoms with E-state index in [0.29, 0.717) is 10.9 Å². The van der Waals surface area contributed by atoms with Crippen LogP contribution in [0, 0.1) is 5.92 Å². The molecule has 1 aliphatic carbocycles. The highest BCUT2D eigenvalue weighted by Crippen LogP contribution is 2.21. The van der Waals surface area contributed by atoms with Crippen molar-refractivity contribution >= 4 is 23.7 Å². The van der Waals surface area contributed by atoms with E-state index in [1.54, 1.807) is 6.21 Å². The fourth-order valence-corrected chi connectivity index (χ4v) is 2.08. The van der Waals surface area contributed by atoms with E-state index in [9.17, 15) is 9.90 Å². The smallest absolute Gasteiger partial charge is 0.275 e. The quantitative estimate of drug-likeness (QED) is 0.507. The standard InChI is InChI=1S/C14H15ClN2O2/c15-11-6-7-13(18)12(8-11)14(19)17-16-9-10-4-2-1-3-5-10/h1-2,6-10,18H,3-5H2,(H,17,19)/b16-9-/t10-/m1/s1. The summed E-state index contributed by atoms with van der Waals surface area (Å²) in [5.74, 6) is -0.224. The van der Waals surface area contributed by atoms with Crippen molar-refractivity contribution in [3.05, 3.63) is 40.9 Å². The number of allylic oxidation sites excluding steroid dienone is 2. The maximum atomic E-state index is 11.8. The molecular formula is C14H15ClN2O2. The van der Waals surface area contributed by atoms with Crippen molar-refractivity contribution in [1.29, 1.82) is 0 Å². The molecule has 1 amide bonds. The van der Waals surface area contributed by atoms with Gasteiger partial charge in [-0.2, -0.15) is 5.10 Å². The zero-order valence-corrected chi connectivity index (χ0v) is 11.1. The third-order valence-corrected chi connectivity index (χ3v) is 3.20. The Bertz CT molecular complexity index is 526. The average Bonchev–Trinajstić information content (AvgIpc) is 2.42. The number of nitrogens with one attached hydrogen (secondary N) is 1. The number of phenolic OH excluding ortho intramolecular Hbond substituents is 1. The lowest BCUT2D eigenvalue weighted by molar-refractivity contribution is 0.0952. The van der Waals surface area contributed by atoms with Crippen LogP contribution in [0.4, 0.5) is 0 Å². The van der Waals surface area contributed by atoms with Crippen molar-refractivity contribution in [2.45, 2.75) is 19.3 Å².